The van der Waals surface area contributed by atoms with Gasteiger partial charge in [-0.2, -0.15) is 0 Å². The van der Waals surface area contributed by atoms with Crippen LogP contribution in [0.15, 0.2) is 62.8 Å². The molecule has 0 bridgehead atoms. The summed E-state index contributed by atoms with van der Waals surface area (Å²) in [5, 5.41) is 0. The Kier molecular flexibility index (Phi) is 3.10. The molecule has 0 spiro atoms. The summed E-state index contributed by atoms with van der Waals surface area (Å²) in [7, 11) is 0. The molecule has 88 valence electrons. The van der Waals surface area contributed by atoms with Crippen molar-refractivity contribution in [1.29, 1.82) is 0 Å². The number of hydrogen-bond donors (Lipinski definition) is 0. The SMILES string of the molecule is O=C1/C(=C\c2ccc(Br)cc2)Sc2ccccc21. The third-order valence-electron chi connectivity index (χ3n) is 2.74. The van der Waals surface area contributed by atoms with Crippen LogP contribution in [0, 0.1) is 0 Å². The topological polar surface area (TPSA) is 17.1 Å². The van der Waals surface area contributed by atoms with E-state index in [0.29, 0.717) is 0 Å². The Morgan fingerprint density at radius 2 is 1.72 bits per heavy atom. The minimum atomic E-state index is 0.124. The summed E-state index contributed by atoms with van der Waals surface area (Å²) in [4.78, 5) is 14.0. The smallest absolute Gasteiger partial charge is 0.200 e. The molecule has 0 amide bonds. The maximum atomic E-state index is 12.2. The third kappa shape index (κ3) is 2.16. The van der Waals surface area contributed by atoms with Gasteiger partial charge in [-0.1, -0.05) is 52.0 Å². The van der Waals surface area contributed by atoms with E-state index in [2.05, 4.69) is 15.9 Å². The van der Waals surface area contributed by atoms with Crippen molar-refractivity contribution in [2.45, 2.75) is 4.90 Å². The summed E-state index contributed by atoms with van der Waals surface area (Å²) in [6.07, 6.45) is 1.94. The highest BCUT2D eigenvalue weighted by Crippen LogP contribution is 2.40. The van der Waals surface area contributed by atoms with Crippen molar-refractivity contribution in [1.82, 2.24) is 0 Å². The molecule has 3 rings (SSSR count). The summed E-state index contributed by atoms with van der Waals surface area (Å²) in [5.41, 5.74) is 1.85. The predicted octanol–water partition coefficient (Wildman–Crippen LogP) is 4.78. The molecule has 0 aliphatic carbocycles. The van der Waals surface area contributed by atoms with Crippen LogP contribution in [0.4, 0.5) is 0 Å². The molecule has 3 heteroatoms. The van der Waals surface area contributed by atoms with Gasteiger partial charge in [0, 0.05) is 14.9 Å². The number of benzene rings is 2. The number of ketones is 1. The van der Waals surface area contributed by atoms with Gasteiger partial charge in [0.15, 0.2) is 0 Å². The van der Waals surface area contributed by atoms with Crippen molar-refractivity contribution in [3.63, 3.8) is 0 Å². The van der Waals surface area contributed by atoms with E-state index in [1.807, 2.05) is 54.6 Å². The Bertz CT molecular complexity index is 644. The van der Waals surface area contributed by atoms with Crippen LogP contribution in [-0.2, 0) is 0 Å². The van der Waals surface area contributed by atoms with Crippen molar-refractivity contribution < 1.29 is 4.79 Å². The Balaban J connectivity index is 1.97. The maximum Gasteiger partial charge on any atom is 0.200 e. The van der Waals surface area contributed by atoms with Crippen LogP contribution >= 0.6 is 27.7 Å². The second-order valence-electron chi connectivity index (χ2n) is 3.99. The lowest BCUT2D eigenvalue weighted by Gasteiger charge is -1.96. The zero-order chi connectivity index (χ0) is 12.5. The van der Waals surface area contributed by atoms with Crippen LogP contribution in [0.3, 0.4) is 0 Å². The molecule has 1 aliphatic rings. The number of thioether (sulfide) groups is 1. The summed E-state index contributed by atoms with van der Waals surface area (Å²) in [6, 6.07) is 15.7. The lowest BCUT2D eigenvalue weighted by atomic mass is 10.1. The van der Waals surface area contributed by atoms with E-state index >= 15 is 0 Å². The van der Waals surface area contributed by atoms with Crippen molar-refractivity contribution in [3.8, 4) is 0 Å². The first-order valence-corrected chi connectivity index (χ1v) is 7.14. The molecule has 0 saturated heterocycles. The fourth-order valence-electron chi connectivity index (χ4n) is 1.85. The van der Waals surface area contributed by atoms with Crippen LogP contribution in [0.5, 0.6) is 0 Å². The molecule has 18 heavy (non-hydrogen) atoms. The molecule has 0 aromatic heterocycles. The normalized spacial score (nSPS) is 16.1. The largest absolute Gasteiger partial charge is 0.288 e. The molecule has 0 N–H and O–H groups in total. The molecule has 0 radical (unpaired) electrons. The van der Waals surface area contributed by atoms with E-state index < -0.39 is 0 Å². The lowest BCUT2D eigenvalue weighted by molar-refractivity contribution is 0.104. The highest BCUT2D eigenvalue weighted by molar-refractivity contribution is 9.10. The average Bonchev–Trinajstić information content (AvgIpc) is 2.70. The molecule has 1 nitrogen and oxygen atoms in total. The molecular formula is C15H9BrOS. The van der Waals surface area contributed by atoms with E-state index in [0.717, 1.165) is 25.4 Å². The quantitative estimate of drug-likeness (QED) is 0.704. The first kappa shape index (κ1) is 11.8. The first-order chi connectivity index (χ1) is 8.74. The Labute approximate surface area is 118 Å². The second-order valence-corrected chi connectivity index (χ2v) is 5.99. The number of carbonyl (C=O) groups is 1. The van der Waals surface area contributed by atoms with Gasteiger partial charge in [0.25, 0.3) is 0 Å². The highest BCUT2D eigenvalue weighted by Gasteiger charge is 2.24. The molecular weight excluding hydrogens is 308 g/mol. The van der Waals surface area contributed by atoms with Crippen molar-refractivity contribution in [3.05, 3.63) is 69.0 Å². The number of rotatable bonds is 1. The van der Waals surface area contributed by atoms with Gasteiger partial charge in [-0.25, -0.2) is 0 Å². The second kappa shape index (κ2) is 4.75. The predicted molar refractivity (Wildman–Crippen MR) is 78.7 cm³/mol. The van der Waals surface area contributed by atoms with Gasteiger partial charge in [-0.15, -0.1) is 0 Å². The maximum absolute atomic E-state index is 12.2. The summed E-state index contributed by atoms with van der Waals surface area (Å²) < 4.78 is 1.04. The van der Waals surface area contributed by atoms with E-state index in [1.54, 1.807) is 11.8 Å². The van der Waals surface area contributed by atoms with E-state index in [4.69, 9.17) is 0 Å². The number of allylic oxidation sites excluding steroid dienone is 1. The Hall–Kier alpha value is -1.32. The number of fused-ring (bicyclic) bond motifs is 1. The Morgan fingerprint density at radius 1 is 1.00 bits per heavy atom. The molecule has 1 heterocycles. The molecule has 2 aromatic rings. The number of halogens is 1. The number of Topliss-reactive ketones (excluding diaryl/α,β-unsaturated/α-hetero) is 1. The van der Waals surface area contributed by atoms with Crippen molar-refractivity contribution in [2.24, 2.45) is 0 Å². The van der Waals surface area contributed by atoms with E-state index in [1.165, 1.54) is 0 Å². The van der Waals surface area contributed by atoms with Gasteiger partial charge in [0.05, 0.1) is 4.91 Å². The molecule has 0 saturated carbocycles. The van der Waals surface area contributed by atoms with E-state index in [9.17, 15) is 4.79 Å². The van der Waals surface area contributed by atoms with Crippen molar-refractivity contribution >= 4 is 39.6 Å². The Morgan fingerprint density at radius 3 is 2.44 bits per heavy atom. The molecule has 0 atom stereocenters. The lowest BCUT2D eigenvalue weighted by Crippen LogP contribution is -1.93. The van der Waals surface area contributed by atoms with Gasteiger partial charge in [-0.05, 0) is 35.9 Å². The fraction of sp³-hybridized carbons (Fsp3) is 0. The van der Waals surface area contributed by atoms with Gasteiger partial charge >= 0.3 is 0 Å². The zero-order valence-electron chi connectivity index (χ0n) is 9.39. The van der Waals surface area contributed by atoms with Gasteiger partial charge in [0.2, 0.25) is 5.78 Å². The standard InChI is InChI=1S/C15H9BrOS/c16-11-7-5-10(6-8-11)9-14-15(17)12-3-1-2-4-13(12)18-14/h1-9H/b14-9+. The van der Waals surface area contributed by atoms with E-state index in [-0.39, 0.29) is 5.78 Å². The third-order valence-corrected chi connectivity index (χ3v) is 4.37. The summed E-state index contributed by atoms with van der Waals surface area (Å²) in [5.74, 6) is 0.124. The summed E-state index contributed by atoms with van der Waals surface area (Å²) >= 11 is 4.94. The van der Waals surface area contributed by atoms with Gasteiger partial charge < -0.3 is 0 Å². The van der Waals surface area contributed by atoms with Crippen LogP contribution in [0.2, 0.25) is 0 Å². The van der Waals surface area contributed by atoms with Crippen LogP contribution < -0.4 is 0 Å². The minimum absolute atomic E-state index is 0.124. The average molecular weight is 317 g/mol. The zero-order valence-corrected chi connectivity index (χ0v) is 11.8. The minimum Gasteiger partial charge on any atom is -0.288 e. The van der Waals surface area contributed by atoms with Crippen LogP contribution in [0.25, 0.3) is 6.08 Å². The summed E-state index contributed by atoms with van der Waals surface area (Å²) in [6.45, 7) is 0. The molecule has 0 fully saturated rings. The highest BCUT2D eigenvalue weighted by atomic mass is 79.9. The first-order valence-electron chi connectivity index (χ1n) is 5.53. The van der Waals surface area contributed by atoms with Crippen LogP contribution in [0.1, 0.15) is 15.9 Å². The van der Waals surface area contributed by atoms with Crippen LogP contribution in [-0.4, -0.2) is 5.78 Å². The van der Waals surface area contributed by atoms with Gasteiger partial charge in [0.1, 0.15) is 0 Å². The molecule has 1 aliphatic heterocycles. The molecule has 2 aromatic carbocycles. The number of carbonyl (C=O) groups excluding carboxylic acids is 1. The molecule has 0 unspecified atom stereocenters. The monoisotopic (exact) mass is 316 g/mol. The van der Waals surface area contributed by atoms with Crippen molar-refractivity contribution in [2.75, 3.05) is 0 Å². The fourth-order valence-corrected chi connectivity index (χ4v) is 3.16. The number of hydrogen-bond acceptors (Lipinski definition) is 2. The van der Waals surface area contributed by atoms with Gasteiger partial charge in [-0.3, -0.25) is 4.79 Å².